The van der Waals surface area contributed by atoms with E-state index in [-0.39, 0.29) is 12.0 Å². The summed E-state index contributed by atoms with van der Waals surface area (Å²) in [6, 6.07) is 14.4. The molecule has 0 radical (unpaired) electrons. The van der Waals surface area contributed by atoms with Gasteiger partial charge in [-0.1, -0.05) is 63.8 Å². The largest absolute Gasteiger partial charge is 0.494 e. The average molecular weight is 593 g/mol. The van der Waals surface area contributed by atoms with Gasteiger partial charge in [-0.15, -0.1) is 0 Å². The quantitative estimate of drug-likeness (QED) is 0.0809. The van der Waals surface area contributed by atoms with Crippen LogP contribution in [0.15, 0.2) is 60.7 Å². The second-order valence-corrected chi connectivity index (χ2v) is 9.74. The average Bonchev–Trinajstić information content (AvgIpc) is 2.96. The van der Waals surface area contributed by atoms with Crippen LogP contribution in [0.2, 0.25) is 0 Å². The third-order valence-corrected chi connectivity index (χ3v) is 6.45. The lowest BCUT2D eigenvalue weighted by atomic mass is 10.0. The van der Waals surface area contributed by atoms with Gasteiger partial charge in [0.2, 0.25) is 0 Å². The first-order chi connectivity index (χ1) is 20.0. The standard InChI is InChI=1S/C32H33F5O5/c1-3-5-7-8-18-40-24-16-14-22(15-17-24)21-10-12-23(13-11-21)30(38)41-28-20-26(33)25(19-27(28)34)31(39)42-29(9-6-4-2)32(35,36)37/h10-17,19-20,29H,3-9,18H2,1-2H3. The molecular weight excluding hydrogens is 559 g/mol. The fraction of sp³-hybridized carbons (Fsp3) is 0.375. The number of rotatable bonds is 14. The van der Waals surface area contributed by atoms with E-state index in [1.807, 2.05) is 24.3 Å². The minimum Gasteiger partial charge on any atom is -0.494 e. The van der Waals surface area contributed by atoms with Crippen LogP contribution in [0.3, 0.4) is 0 Å². The van der Waals surface area contributed by atoms with Crippen LogP contribution in [0.1, 0.15) is 79.5 Å². The Kier molecular flexibility index (Phi) is 11.9. The van der Waals surface area contributed by atoms with Crippen LogP contribution in [-0.2, 0) is 4.74 Å². The number of ether oxygens (including phenoxy) is 3. The Morgan fingerprint density at radius 1 is 0.762 bits per heavy atom. The summed E-state index contributed by atoms with van der Waals surface area (Å²) in [5, 5.41) is 0. The molecule has 0 aromatic heterocycles. The van der Waals surface area contributed by atoms with Crippen LogP contribution in [0.5, 0.6) is 11.5 Å². The highest BCUT2D eigenvalue weighted by Crippen LogP contribution is 2.30. The minimum atomic E-state index is -4.86. The summed E-state index contributed by atoms with van der Waals surface area (Å²) in [4.78, 5) is 24.8. The Bertz CT molecular complexity index is 1320. The highest BCUT2D eigenvalue weighted by Gasteiger charge is 2.42. The van der Waals surface area contributed by atoms with Gasteiger partial charge in [-0.25, -0.2) is 18.4 Å². The molecule has 5 nitrogen and oxygen atoms in total. The van der Waals surface area contributed by atoms with Crippen LogP contribution in [-0.4, -0.2) is 30.8 Å². The fourth-order valence-corrected chi connectivity index (χ4v) is 4.05. The van der Waals surface area contributed by atoms with Gasteiger partial charge in [0.05, 0.1) is 17.7 Å². The molecule has 0 aliphatic heterocycles. The number of hydrogen-bond acceptors (Lipinski definition) is 5. The SMILES string of the molecule is CCCCCCOc1ccc(-c2ccc(C(=O)Oc3cc(F)c(C(=O)OC(CCCC)C(F)(F)F)cc3F)cc2)cc1. The van der Waals surface area contributed by atoms with Gasteiger partial charge in [0.1, 0.15) is 11.6 Å². The lowest BCUT2D eigenvalue weighted by Gasteiger charge is -2.20. The second kappa shape index (κ2) is 15.3. The maximum atomic E-state index is 14.6. The molecule has 226 valence electrons. The summed E-state index contributed by atoms with van der Waals surface area (Å²) in [5.41, 5.74) is 0.650. The van der Waals surface area contributed by atoms with Gasteiger partial charge >= 0.3 is 18.1 Å². The van der Waals surface area contributed by atoms with Gasteiger partial charge < -0.3 is 14.2 Å². The molecule has 0 fully saturated rings. The van der Waals surface area contributed by atoms with Crippen molar-refractivity contribution < 1.29 is 45.8 Å². The molecule has 1 unspecified atom stereocenters. The van der Waals surface area contributed by atoms with Crippen LogP contribution in [0.4, 0.5) is 22.0 Å². The van der Waals surface area contributed by atoms with Crippen molar-refractivity contribution in [3.05, 3.63) is 83.4 Å². The molecule has 10 heteroatoms. The topological polar surface area (TPSA) is 61.8 Å². The molecule has 0 spiro atoms. The highest BCUT2D eigenvalue weighted by atomic mass is 19.4. The molecule has 0 aliphatic rings. The van der Waals surface area contributed by atoms with Crippen molar-refractivity contribution in [3.8, 4) is 22.6 Å². The van der Waals surface area contributed by atoms with E-state index in [2.05, 4.69) is 11.7 Å². The fourth-order valence-electron chi connectivity index (χ4n) is 4.05. The van der Waals surface area contributed by atoms with Crippen molar-refractivity contribution in [3.63, 3.8) is 0 Å². The first-order valence-corrected chi connectivity index (χ1v) is 13.9. The van der Waals surface area contributed by atoms with Gasteiger partial charge in [-0.2, -0.15) is 13.2 Å². The number of hydrogen-bond donors (Lipinski definition) is 0. The molecule has 0 saturated heterocycles. The van der Waals surface area contributed by atoms with Crippen molar-refractivity contribution in [1.29, 1.82) is 0 Å². The van der Waals surface area contributed by atoms with Crippen molar-refractivity contribution >= 4 is 11.9 Å². The van der Waals surface area contributed by atoms with Gasteiger partial charge in [0, 0.05) is 6.07 Å². The Morgan fingerprint density at radius 3 is 1.98 bits per heavy atom. The first kappa shape index (κ1) is 32.6. The lowest BCUT2D eigenvalue weighted by Crippen LogP contribution is -2.34. The highest BCUT2D eigenvalue weighted by molar-refractivity contribution is 5.92. The van der Waals surface area contributed by atoms with Crippen molar-refractivity contribution in [1.82, 2.24) is 0 Å². The third-order valence-electron chi connectivity index (χ3n) is 6.45. The van der Waals surface area contributed by atoms with E-state index in [1.165, 1.54) is 18.6 Å². The number of halogens is 5. The zero-order valence-electron chi connectivity index (χ0n) is 23.4. The smallest absolute Gasteiger partial charge is 0.425 e. The zero-order valence-corrected chi connectivity index (χ0v) is 23.4. The second-order valence-electron chi connectivity index (χ2n) is 9.74. The summed E-state index contributed by atoms with van der Waals surface area (Å²) in [5.74, 6) is -5.48. The molecule has 0 aliphatic carbocycles. The van der Waals surface area contributed by atoms with E-state index < -0.39 is 53.6 Å². The number of unbranched alkanes of at least 4 members (excludes halogenated alkanes) is 4. The molecule has 3 aromatic carbocycles. The van der Waals surface area contributed by atoms with Gasteiger partial charge in [0.25, 0.3) is 0 Å². The number of carbonyl (C=O) groups is 2. The maximum absolute atomic E-state index is 14.6. The Balaban J connectivity index is 1.63. The summed E-state index contributed by atoms with van der Waals surface area (Å²) in [6.45, 7) is 4.45. The summed E-state index contributed by atoms with van der Waals surface area (Å²) in [7, 11) is 0. The molecule has 0 N–H and O–H groups in total. The Morgan fingerprint density at radius 2 is 1.38 bits per heavy atom. The minimum absolute atomic E-state index is 0.0398. The summed E-state index contributed by atoms with van der Waals surface area (Å²) < 4.78 is 83.8. The van der Waals surface area contributed by atoms with Gasteiger partial charge in [-0.05, 0) is 60.7 Å². The molecule has 3 aromatic rings. The number of benzene rings is 3. The number of esters is 2. The normalized spacial score (nSPS) is 12.1. The summed E-state index contributed by atoms with van der Waals surface area (Å²) in [6.07, 6.45) is -2.87. The molecule has 0 saturated carbocycles. The molecule has 0 bridgehead atoms. The Hall–Kier alpha value is -3.95. The van der Waals surface area contributed by atoms with Crippen molar-refractivity contribution in [2.24, 2.45) is 0 Å². The number of carbonyl (C=O) groups excluding carboxylic acids is 2. The van der Waals surface area contributed by atoms with Crippen LogP contribution in [0.25, 0.3) is 11.1 Å². The maximum Gasteiger partial charge on any atom is 0.425 e. The van der Waals surface area contributed by atoms with Gasteiger partial charge in [-0.3, -0.25) is 0 Å². The van der Waals surface area contributed by atoms with E-state index >= 15 is 0 Å². The van der Waals surface area contributed by atoms with E-state index in [0.717, 1.165) is 36.1 Å². The van der Waals surface area contributed by atoms with E-state index in [4.69, 9.17) is 9.47 Å². The summed E-state index contributed by atoms with van der Waals surface area (Å²) >= 11 is 0. The molecular formula is C32H33F5O5. The monoisotopic (exact) mass is 592 g/mol. The molecule has 0 amide bonds. The van der Waals surface area contributed by atoms with Crippen molar-refractivity contribution in [2.75, 3.05) is 6.61 Å². The lowest BCUT2D eigenvalue weighted by molar-refractivity contribution is -0.206. The first-order valence-electron chi connectivity index (χ1n) is 13.9. The van der Waals surface area contributed by atoms with Crippen LogP contribution in [0, 0.1) is 11.6 Å². The zero-order chi connectivity index (χ0) is 30.7. The van der Waals surface area contributed by atoms with Crippen LogP contribution >= 0.6 is 0 Å². The van der Waals surface area contributed by atoms with E-state index in [9.17, 15) is 31.5 Å². The Labute approximate surface area is 241 Å². The molecule has 0 heterocycles. The molecule has 42 heavy (non-hydrogen) atoms. The predicted molar refractivity (Wildman–Crippen MR) is 148 cm³/mol. The van der Waals surface area contributed by atoms with E-state index in [1.54, 1.807) is 19.1 Å². The third kappa shape index (κ3) is 9.29. The predicted octanol–water partition coefficient (Wildman–Crippen LogP) is 9.09. The van der Waals surface area contributed by atoms with Crippen LogP contribution < -0.4 is 9.47 Å². The molecule has 3 rings (SSSR count). The number of alkyl halides is 3. The van der Waals surface area contributed by atoms with E-state index in [0.29, 0.717) is 25.2 Å². The molecule has 1 atom stereocenters. The van der Waals surface area contributed by atoms with Gasteiger partial charge in [0.15, 0.2) is 17.7 Å². The van der Waals surface area contributed by atoms with Crippen molar-refractivity contribution in [2.45, 2.75) is 71.1 Å².